The molecule has 0 spiro atoms. The molecule has 1 atom stereocenters. The maximum absolute atomic E-state index is 12.0. The lowest BCUT2D eigenvalue weighted by Gasteiger charge is -2.10. The van der Waals surface area contributed by atoms with Crippen molar-refractivity contribution >= 4 is 5.97 Å². The number of nitroso groups, excluding NO2 is 1. The van der Waals surface area contributed by atoms with Crippen LogP contribution in [0, 0.1) is 4.91 Å². The van der Waals surface area contributed by atoms with E-state index >= 15 is 0 Å². The highest BCUT2D eigenvalue weighted by atomic mass is 16.5. The summed E-state index contributed by atoms with van der Waals surface area (Å²) in [7, 11) is 0. The Balaban J connectivity index is 2.39. The summed E-state index contributed by atoms with van der Waals surface area (Å²) in [5.74, 6) is -0.855. The quantitative estimate of drug-likeness (QED) is 0.645. The van der Waals surface area contributed by atoms with Crippen molar-refractivity contribution in [2.24, 2.45) is 5.18 Å². The molecule has 2 N–H and O–H groups in total. The lowest BCUT2D eigenvalue weighted by molar-refractivity contribution is -0.146. The smallest absolute Gasteiger partial charge is 0.333 e. The molecule has 8 heteroatoms. The molecule has 0 saturated heterocycles. The zero-order chi connectivity index (χ0) is 16.3. The van der Waals surface area contributed by atoms with Crippen molar-refractivity contribution in [3.8, 4) is 11.6 Å². The zero-order valence-electron chi connectivity index (χ0n) is 12.1. The molecule has 8 nitrogen and oxygen atoms in total. The van der Waals surface area contributed by atoms with Crippen molar-refractivity contribution < 1.29 is 14.6 Å². The largest absolute Gasteiger partial charge is 0.493 e. The number of aromatic amines is 1. The van der Waals surface area contributed by atoms with Gasteiger partial charge in [-0.2, -0.15) is 4.91 Å². The molecule has 1 heterocycles. The molecular weight excluding hydrogens is 290 g/mol. The van der Waals surface area contributed by atoms with Crippen LogP contribution >= 0.6 is 0 Å². The average molecular weight is 305 g/mol. The van der Waals surface area contributed by atoms with Gasteiger partial charge in [0.05, 0.1) is 5.69 Å². The summed E-state index contributed by atoms with van der Waals surface area (Å²) < 4.78 is 5.99. The van der Waals surface area contributed by atoms with Gasteiger partial charge in [-0.1, -0.05) is 17.3 Å². The van der Waals surface area contributed by atoms with Crippen LogP contribution in [0.5, 0.6) is 5.88 Å². The molecule has 2 rings (SSSR count). The second-order valence-corrected chi connectivity index (χ2v) is 4.71. The number of aromatic hydroxyl groups is 1. The lowest BCUT2D eigenvalue weighted by atomic mass is 10.2. The van der Waals surface area contributed by atoms with E-state index in [-0.39, 0.29) is 18.1 Å². The van der Waals surface area contributed by atoms with Crippen molar-refractivity contribution in [1.82, 2.24) is 9.55 Å². The third-order valence-electron chi connectivity index (χ3n) is 3.09. The van der Waals surface area contributed by atoms with Crippen LogP contribution in [-0.2, 0) is 16.1 Å². The molecule has 1 aromatic carbocycles. The minimum Gasteiger partial charge on any atom is -0.493 e. The maximum atomic E-state index is 12.0. The Kier molecular flexibility index (Phi) is 4.40. The Hall–Kier alpha value is -2.90. The van der Waals surface area contributed by atoms with Crippen LogP contribution in [0.2, 0.25) is 0 Å². The minimum atomic E-state index is -0.787. The summed E-state index contributed by atoms with van der Waals surface area (Å²) >= 11 is 0. The number of carbonyl (C=O) groups is 1. The van der Waals surface area contributed by atoms with E-state index in [1.807, 2.05) is 0 Å². The van der Waals surface area contributed by atoms with Crippen molar-refractivity contribution in [2.75, 3.05) is 0 Å². The Bertz CT molecular complexity index is 745. The summed E-state index contributed by atoms with van der Waals surface area (Å²) in [5, 5.41) is 13.0. The van der Waals surface area contributed by atoms with Crippen LogP contribution in [0.3, 0.4) is 0 Å². The molecule has 116 valence electrons. The Morgan fingerprint density at radius 2 is 2.05 bits per heavy atom. The molecule has 0 amide bonds. The molecule has 0 saturated carbocycles. The first kappa shape index (κ1) is 15.5. The predicted octanol–water partition coefficient (Wildman–Crippen LogP) is 1.76. The number of ether oxygens (including phenoxy) is 1. The summed E-state index contributed by atoms with van der Waals surface area (Å²) in [5.41, 5.74) is 0.650. The first-order chi connectivity index (χ1) is 10.4. The molecular formula is C14H15N3O5. The fourth-order valence-corrected chi connectivity index (χ4v) is 2.10. The fraction of sp³-hybridized carbons (Fsp3) is 0.286. The summed E-state index contributed by atoms with van der Waals surface area (Å²) in [6.07, 6.45) is -0.787. The van der Waals surface area contributed by atoms with E-state index in [9.17, 15) is 19.6 Å². The molecule has 0 radical (unpaired) electrons. The minimum absolute atomic E-state index is 0.0308. The van der Waals surface area contributed by atoms with Gasteiger partial charge in [0.2, 0.25) is 5.88 Å². The van der Waals surface area contributed by atoms with Gasteiger partial charge in [-0.25, -0.2) is 9.36 Å². The van der Waals surface area contributed by atoms with Gasteiger partial charge in [0, 0.05) is 6.92 Å². The van der Waals surface area contributed by atoms with Gasteiger partial charge in [0.15, 0.2) is 0 Å². The number of aromatic nitrogens is 2. The van der Waals surface area contributed by atoms with E-state index in [2.05, 4.69) is 10.2 Å². The molecule has 0 aliphatic carbocycles. The topological polar surface area (TPSA) is 114 Å². The highest BCUT2D eigenvalue weighted by Crippen LogP contribution is 2.26. The third kappa shape index (κ3) is 3.05. The Morgan fingerprint density at radius 1 is 1.41 bits per heavy atom. The number of rotatable bonds is 5. The average Bonchev–Trinajstić information content (AvgIpc) is 2.75. The number of imidazole rings is 1. The molecule has 0 bridgehead atoms. The summed E-state index contributed by atoms with van der Waals surface area (Å²) in [6.45, 7) is 2.81. The van der Waals surface area contributed by atoms with Crippen molar-refractivity contribution in [2.45, 2.75) is 26.5 Å². The van der Waals surface area contributed by atoms with Crippen LogP contribution in [-0.4, -0.2) is 20.6 Å². The maximum Gasteiger partial charge on any atom is 0.333 e. The van der Waals surface area contributed by atoms with Gasteiger partial charge >= 0.3 is 11.7 Å². The van der Waals surface area contributed by atoms with E-state index in [0.29, 0.717) is 11.3 Å². The van der Waals surface area contributed by atoms with E-state index < -0.39 is 17.8 Å². The predicted molar refractivity (Wildman–Crippen MR) is 77.7 cm³/mol. The van der Waals surface area contributed by atoms with Crippen molar-refractivity contribution in [3.63, 3.8) is 0 Å². The Morgan fingerprint density at radius 3 is 2.59 bits per heavy atom. The normalized spacial score (nSPS) is 11.9. The number of nitrogens with one attached hydrogen (secondary N) is 1. The molecule has 0 aliphatic rings. The number of benzene rings is 1. The monoisotopic (exact) mass is 305 g/mol. The first-order valence-electron chi connectivity index (χ1n) is 6.53. The third-order valence-corrected chi connectivity index (χ3v) is 3.09. The molecule has 0 aliphatic heterocycles. The highest BCUT2D eigenvalue weighted by Gasteiger charge is 2.21. The fourth-order valence-electron chi connectivity index (χ4n) is 2.10. The standard InChI is InChI=1S/C14H15N3O5/c1-8(22-9(2)18)12-13(19)17(14(20)16-12)11-5-3-10(4-6-11)7-15-21/h3-6,8,19H,7H2,1-2H3,(H,16,20). The lowest BCUT2D eigenvalue weighted by Crippen LogP contribution is -2.14. The van der Waals surface area contributed by atoms with E-state index in [0.717, 1.165) is 4.57 Å². The van der Waals surface area contributed by atoms with Gasteiger partial charge in [-0.05, 0) is 24.6 Å². The number of hydrogen-bond acceptors (Lipinski definition) is 6. The molecule has 1 unspecified atom stereocenters. The summed E-state index contributed by atoms with van der Waals surface area (Å²) in [4.78, 5) is 35.6. The van der Waals surface area contributed by atoms with Gasteiger partial charge in [-0.3, -0.25) is 4.79 Å². The second-order valence-electron chi connectivity index (χ2n) is 4.71. The Labute approximate surface area is 125 Å². The highest BCUT2D eigenvalue weighted by molar-refractivity contribution is 5.66. The number of H-pyrrole nitrogens is 1. The summed E-state index contributed by atoms with van der Waals surface area (Å²) in [6, 6.07) is 6.42. The number of esters is 1. The van der Waals surface area contributed by atoms with Gasteiger partial charge < -0.3 is 14.8 Å². The van der Waals surface area contributed by atoms with Gasteiger partial charge in [0.1, 0.15) is 18.3 Å². The number of hydrogen-bond donors (Lipinski definition) is 2. The first-order valence-corrected chi connectivity index (χ1v) is 6.53. The molecule has 0 fully saturated rings. The number of carbonyl (C=O) groups excluding carboxylic acids is 1. The zero-order valence-corrected chi connectivity index (χ0v) is 12.1. The van der Waals surface area contributed by atoms with Crippen LogP contribution in [0.1, 0.15) is 31.2 Å². The van der Waals surface area contributed by atoms with Crippen LogP contribution in [0.4, 0.5) is 0 Å². The molecule has 1 aromatic heterocycles. The molecule has 22 heavy (non-hydrogen) atoms. The van der Waals surface area contributed by atoms with Crippen LogP contribution < -0.4 is 5.69 Å². The van der Waals surface area contributed by atoms with E-state index in [4.69, 9.17) is 4.74 Å². The van der Waals surface area contributed by atoms with E-state index in [1.165, 1.54) is 13.8 Å². The molecule has 2 aromatic rings. The van der Waals surface area contributed by atoms with Crippen molar-refractivity contribution in [1.29, 1.82) is 0 Å². The second kappa shape index (κ2) is 6.25. The van der Waals surface area contributed by atoms with Crippen LogP contribution in [0.15, 0.2) is 34.2 Å². The SMILES string of the molecule is CC(=O)OC(C)c1[nH]c(=O)n(-c2ccc(CN=O)cc2)c1O. The van der Waals surface area contributed by atoms with Gasteiger partial charge in [0.25, 0.3) is 0 Å². The van der Waals surface area contributed by atoms with Gasteiger partial charge in [-0.15, -0.1) is 0 Å². The van der Waals surface area contributed by atoms with E-state index in [1.54, 1.807) is 24.3 Å². The van der Waals surface area contributed by atoms with Crippen molar-refractivity contribution in [3.05, 3.63) is 50.9 Å². The van der Waals surface area contributed by atoms with Crippen LogP contribution in [0.25, 0.3) is 5.69 Å². The number of nitrogens with zero attached hydrogens (tertiary/aromatic N) is 2.